The maximum atomic E-state index is 12.2. The van der Waals surface area contributed by atoms with Crippen LogP contribution in [0.15, 0.2) is 36.4 Å². The number of rotatable bonds is 5. The second-order valence-electron chi connectivity index (χ2n) is 5.04. The van der Waals surface area contributed by atoms with Gasteiger partial charge in [0.25, 0.3) is 0 Å². The van der Waals surface area contributed by atoms with Crippen molar-refractivity contribution in [2.75, 3.05) is 19.5 Å². The number of amides is 2. The number of hydrogen-bond acceptors (Lipinski definition) is 3. The molecule has 2 rings (SSSR count). The van der Waals surface area contributed by atoms with Crippen molar-refractivity contribution in [1.29, 1.82) is 0 Å². The Balaban J connectivity index is 2.07. The summed E-state index contributed by atoms with van der Waals surface area (Å²) in [6, 6.07) is 9.87. The van der Waals surface area contributed by atoms with Gasteiger partial charge in [0.05, 0.1) is 36.0 Å². The van der Waals surface area contributed by atoms with Crippen molar-refractivity contribution in [3.8, 4) is 11.5 Å². The smallest absolute Gasteiger partial charge is 0.319 e. The molecule has 0 unspecified atom stereocenters. The van der Waals surface area contributed by atoms with Crippen LogP contribution >= 0.6 is 23.2 Å². The molecule has 0 aliphatic carbocycles. The zero-order valence-corrected chi connectivity index (χ0v) is 15.0. The average molecular weight is 369 g/mol. The topological polar surface area (TPSA) is 59.6 Å². The first kappa shape index (κ1) is 18.2. The second-order valence-corrected chi connectivity index (χ2v) is 5.82. The van der Waals surface area contributed by atoms with Crippen molar-refractivity contribution in [1.82, 2.24) is 5.32 Å². The van der Waals surface area contributed by atoms with Gasteiger partial charge in [0.2, 0.25) is 0 Å². The van der Waals surface area contributed by atoms with Gasteiger partial charge in [-0.2, -0.15) is 0 Å². The minimum atomic E-state index is -0.388. The van der Waals surface area contributed by atoms with Crippen LogP contribution in [0.1, 0.15) is 18.5 Å². The van der Waals surface area contributed by atoms with E-state index < -0.39 is 0 Å². The van der Waals surface area contributed by atoms with Crippen LogP contribution in [0, 0.1) is 0 Å². The molecular weight excluding hydrogens is 351 g/mol. The maximum absolute atomic E-state index is 12.2. The van der Waals surface area contributed by atoms with Gasteiger partial charge in [0.1, 0.15) is 0 Å². The number of carbonyl (C=O) groups is 1. The SMILES string of the molecule is COc1ccc([C@H](C)NC(=O)Nc2cccc(Cl)c2Cl)cc1OC. The third-order valence-corrected chi connectivity index (χ3v) is 4.27. The van der Waals surface area contributed by atoms with Crippen molar-refractivity contribution in [3.63, 3.8) is 0 Å². The molecule has 128 valence electrons. The van der Waals surface area contributed by atoms with E-state index in [1.807, 2.05) is 19.1 Å². The molecular formula is C17H18Cl2N2O3. The van der Waals surface area contributed by atoms with Crippen molar-refractivity contribution < 1.29 is 14.3 Å². The largest absolute Gasteiger partial charge is 0.493 e. The van der Waals surface area contributed by atoms with Crippen LogP contribution in [-0.2, 0) is 0 Å². The van der Waals surface area contributed by atoms with E-state index in [4.69, 9.17) is 32.7 Å². The van der Waals surface area contributed by atoms with Gasteiger partial charge in [0.15, 0.2) is 11.5 Å². The van der Waals surface area contributed by atoms with E-state index in [-0.39, 0.29) is 12.1 Å². The first-order valence-electron chi connectivity index (χ1n) is 7.19. The standard InChI is InChI=1S/C17H18Cl2N2O3/c1-10(11-7-8-14(23-2)15(9-11)24-3)20-17(22)21-13-6-4-5-12(18)16(13)19/h4-10H,1-3H3,(H2,20,21,22)/t10-/m0/s1. The summed E-state index contributed by atoms with van der Waals surface area (Å²) in [6.07, 6.45) is 0. The summed E-state index contributed by atoms with van der Waals surface area (Å²) in [6.45, 7) is 1.86. The van der Waals surface area contributed by atoms with E-state index in [0.717, 1.165) is 5.56 Å². The molecule has 2 N–H and O–H groups in total. The highest BCUT2D eigenvalue weighted by Crippen LogP contribution is 2.31. The Labute approximate surface area is 150 Å². The highest BCUT2D eigenvalue weighted by molar-refractivity contribution is 6.43. The van der Waals surface area contributed by atoms with Crippen molar-refractivity contribution in [2.24, 2.45) is 0 Å². The van der Waals surface area contributed by atoms with E-state index in [9.17, 15) is 4.79 Å². The molecule has 5 nitrogen and oxygen atoms in total. The molecule has 0 fully saturated rings. The molecule has 0 heterocycles. The lowest BCUT2D eigenvalue weighted by Gasteiger charge is -2.17. The number of urea groups is 1. The molecule has 2 amide bonds. The van der Waals surface area contributed by atoms with E-state index in [1.54, 1.807) is 38.5 Å². The lowest BCUT2D eigenvalue weighted by Crippen LogP contribution is -2.31. The number of nitrogens with one attached hydrogen (secondary N) is 2. The summed E-state index contributed by atoms with van der Waals surface area (Å²) in [4.78, 5) is 12.2. The van der Waals surface area contributed by atoms with Crippen molar-refractivity contribution in [2.45, 2.75) is 13.0 Å². The van der Waals surface area contributed by atoms with E-state index in [2.05, 4.69) is 10.6 Å². The molecule has 2 aromatic rings. The number of ether oxygens (including phenoxy) is 2. The Kier molecular flexibility index (Phi) is 6.17. The van der Waals surface area contributed by atoms with Crippen LogP contribution in [0.4, 0.5) is 10.5 Å². The molecule has 0 saturated carbocycles. The molecule has 0 aliphatic rings. The quantitative estimate of drug-likeness (QED) is 0.789. The molecule has 2 aromatic carbocycles. The van der Waals surface area contributed by atoms with E-state index in [0.29, 0.717) is 27.2 Å². The fourth-order valence-corrected chi connectivity index (χ4v) is 2.51. The summed E-state index contributed by atoms with van der Waals surface area (Å²) in [5.74, 6) is 1.23. The predicted octanol–water partition coefficient (Wildman–Crippen LogP) is 4.89. The Bertz CT molecular complexity index is 738. The van der Waals surface area contributed by atoms with Gasteiger partial charge < -0.3 is 20.1 Å². The number of carbonyl (C=O) groups excluding carboxylic acids is 1. The molecule has 7 heteroatoms. The summed E-state index contributed by atoms with van der Waals surface area (Å²) in [7, 11) is 3.13. The minimum absolute atomic E-state index is 0.247. The highest BCUT2D eigenvalue weighted by Gasteiger charge is 2.14. The molecule has 24 heavy (non-hydrogen) atoms. The third kappa shape index (κ3) is 4.24. The highest BCUT2D eigenvalue weighted by atomic mass is 35.5. The third-order valence-electron chi connectivity index (χ3n) is 3.45. The zero-order valence-electron chi connectivity index (χ0n) is 13.5. The first-order chi connectivity index (χ1) is 11.5. The summed E-state index contributed by atoms with van der Waals surface area (Å²) >= 11 is 12.0. The molecule has 0 aromatic heterocycles. The first-order valence-corrected chi connectivity index (χ1v) is 7.95. The Morgan fingerprint density at radius 2 is 1.79 bits per heavy atom. The summed E-state index contributed by atoms with van der Waals surface area (Å²) in [5, 5.41) is 6.19. The van der Waals surface area contributed by atoms with Crippen LogP contribution in [0.2, 0.25) is 10.0 Å². The predicted molar refractivity (Wildman–Crippen MR) is 96.6 cm³/mol. The summed E-state index contributed by atoms with van der Waals surface area (Å²) < 4.78 is 10.5. The zero-order chi connectivity index (χ0) is 17.7. The maximum Gasteiger partial charge on any atom is 0.319 e. The van der Waals surface area contributed by atoms with Gasteiger partial charge in [-0.25, -0.2) is 4.79 Å². The number of methoxy groups -OCH3 is 2. The van der Waals surface area contributed by atoms with Gasteiger partial charge in [-0.05, 0) is 36.8 Å². The molecule has 0 radical (unpaired) electrons. The fourth-order valence-electron chi connectivity index (χ4n) is 2.16. The molecule has 0 saturated heterocycles. The van der Waals surface area contributed by atoms with E-state index in [1.165, 1.54) is 0 Å². The Morgan fingerprint density at radius 1 is 1.08 bits per heavy atom. The van der Waals surface area contributed by atoms with Gasteiger partial charge in [0, 0.05) is 0 Å². The molecule has 0 spiro atoms. The lowest BCUT2D eigenvalue weighted by molar-refractivity contribution is 0.249. The minimum Gasteiger partial charge on any atom is -0.493 e. The van der Waals surface area contributed by atoms with Gasteiger partial charge >= 0.3 is 6.03 Å². The van der Waals surface area contributed by atoms with Gasteiger partial charge in [-0.1, -0.05) is 35.3 Å². The second kappa shape index (κ2) is 8.13. The molecule has 0 aliphatic heterocycles. The van der Waals surface area contributed by atoms with Gasteiger partial charge in [-0.15, -0.1) is 0 Å². The number of halogens is 2. The Morgan fingerprint density at radius 3 is 2.46 bits per heavy atom. The van der Waals surface area contributed by atoms with Gasteiger partial charge in [-0.3, -0.25) is 0 Å². The lowest BCUT2D eigenvalue weighted by atomic mass is 10.1. The van der Waals surface area contributed by atoms with Crippen LogP contribution in [0.25, 0.3) is 0 Å². The van der Waals surface area contributed by atoms with Crippen molar-refractivity contribution >= 4 is 34.9 Å². The monoisotopic (exact) mass is 368 g/mol. The molecule has 0 bridgehead atoms. The van der Waals surface area contributed by atoms with Crippen LogP contribution in [0.5, 0.6) is 11.5 Å². The Hall–Kier alpha value is -2.11. The van der Waals surface area contributed by atoms with E-state index >= 15 is 0 Å². The number of anilines is 1. The number of benzene rings is 2. The number of hydrogen-bond donors (Lipinski definition) is 2. The van der Waals surface area contributed by atoms with Crippen LogP contribution in [-0.4, -0.2) is 20.3 Å². The van der Waals surface area contributed by atoms with Crippen molar-refractivity contribution in [3.05, 3.63) is 52.0 Å². The van der Waals surface area contributed by atoms with Crippen LogP contribution in [0.3, 0.4) is 0 Å². The average Bonchev–Trinajstić information content (AvgIpc) is 2.58. The van der Waals surface area contributed by atoms with Crippen LogP contribution < -0.4 is 20.1 Å². The summed E-state index contributed by atoms with van der Waals surface area (Å²) in [5.41, 5.74) is 1.32. The fraction of sp³-hybridized carbons (Fsp3) is 0.235. The molecule has 1 atom stereocenters. The normalized spacial score (nSPS) is 11.5.